The third-order valence-corrected chi connectivity index (χ3v) is 2.40. The molecule has 0 aliphatic heterocycles. The van der Waals surface area contributed by atoms with Crippen LogP contribution < -0.4 is 5.23 Å². The maximum atomic E-state index is 10.7. The van der Waals surface area contributed by atoms with Crippen LogP contribution in [0.5, 0.6) is 5.75 Å². The molecule has 2 rings (SSSR count). The highest BCUT2D eigenvalue weighted by Crippen LogP contribution is 2.17. The summed E-state index contributed by atoms with van der Waals surface area (Å²) in [5.74, 6) is 0.156. The van der Waals surface area contributed by atoms with Crippen LogP contribution in [0.25, 0.3) is 0 Å². The molecule has 0 amide bonds. The molecule has 3 N–H and O–H groups in total. The Morgan fingerprint density at radius 3 is 2.33 bits per heavy atom. The van der Waals surface area contributed by atoms with Crippen molar-refractivity contribution in [2.45, 2.75) is 0 Å². The molecule has 0 heterocycles. The van der Waals surface area contributed by atoms with E-state index in [0.717, 1.165) is 0 Å². The highest BCUT2D eigenvalue weighted by molar-refractivity contribution is 5.85. The molecule has 1 atom stereocenters. The molecule has 0 aliphatic carbocycles. The molecule has 0 bridgehead atoms. The average molecular weight is 244 g/mol. The molecule has 0 fully saturated rings. The molecule has 0 aliphatic rings. The van der Waals surface area contributed by atoms with Crippen LogP contribution in [0.15, 0.2) is 53.5 Å². The minimum atomic E-state index is -0.966. The second-order valence-electron chi connectivity index (χ2n) is 3.67. The van der Waals surface area contributed by atoms with Gasteiger partial charge in [0.15, 0.2) is 5.69 Å². The van der Waals surface area contributed by atoms with Crippen molar-refractivity contribution in [3.8, 4) is 5.75 Å². The molecule has 0 radical (unpaired) electrons. The molecule has 0 aromatic heterocycles. The number of quaternary nitrogens is 1. The Morgan fingerprint density at radius 1 is 1.06 bits per heavy atom. The topological polar surface area (TPSA) is 80.3 Å². The van der Waals surface area contributed by atoms with Crippen molar-refractivity contribution in [1.29, 1.82) is 0 Å². The van der Waals surface area contributed by atoms with Crippen LogP contribution >= 0.6 is 0 Å². The number of aliphatic imine (C=N–C) groups is 1. The summed E-state index contributed by atoms with van der Waals surface area (Å²) in [5, 5.41) is 28.0. The van der Waals surface area contributed by atoms with Crippen molar-refractivity contribution >= 4 is 17.6 Å². The lowest BCUT2D eigenvalue weighted by molar-refractivity contribution is -0.991. The largest absolute Gasteiger partial charge is 0.595 e. The molecule has 0 saturated heterocycles. The van der Waals surface area contributed by atoms with Gasteiger partial charge in [0.25, 0.3) is 0 Å². The lowest BCUT2D eigenvalue weighted by Gasteiger charge is -2.10. The first-order chi connectivity index (χ1) is 8.66. The molecule has 0 spiro atoms. The molecule has 5 heteroatoms. The van der Waals surface area contributed by atoms with E-state index in [1.54, 1.807) is 36.4 Å². The van der Waals surface area contributed by atoms with E-state index in [9.17, 15) is 10.3 Å². The van der Waals surface area contributed by atoms with Gasteiger partial charge in [-0.05, 0) is 24.3 Å². The quantitative estimate of drug-likeness (QED) is 0.566. The Bertz CT molecular complexity index is 550. The van der Waals surface area contributed by atoms with Gasteiger partial charge in [-0.3, -0.25) is 4.99 Å². The second-order valence-corrected chi connectivity index (χ2v) is 3.67. The SMILES string of the molecule is [O-][NH+](O)c1ccc(N=Cc2ccccc2O)cc1. The summed E-state index contributed by atoms with van der Waals surface area (Å²) in [6, 6.07) is 13.0. The Morgan fingerprint density at radius 2 is 1.72 bits per heavy atom. The van der Waals surface area contributed by atoms with Gasteiger partial charge in [-0.1, -0.05) is 12.1 Å². The maximum Gasteiger partial charge on any atom is 0.163 e. The summed E-state index contributed by atoms with van der Waals surface area (Å²) < 4.78 is 0. The fraction of sp³-hybridized carbons (Fsp3) is 0. The van der Waals surface area contributed by atoms with E-state index in [-0.39, 0.29) is 11.4 Å². The number of nitrogens with zero attached hydrogens (tertiary/aromatic N) is 1. The van der Waals surface area contributed by atoms with Gasteiger partial charge in [0, 0.05) is 23.9 Å². The number of benzene rings is 2. The number of phenolic OH excluding ortho intramolecular Hbond substituents is 1. The standard InChI is InChI=1S/C13H12N2O3/c16-13-4-2-1-3-10(13)9-14-11-5-7-12(8-6-11)15(17)18/h1-9,15-17H. The Labute approximate surface area is 104 Å². The van der Waals surface area contributed by atoms with E-state index in [0.29, 0.717) is 11.3 Å². The van der Waals surface area contributed by atoms with Gasteiger partial charge in [-0.15, -0.1) is 0 Å². The number of hydrogen-bond acceptors (Lipinski definition) is 4. The van der Waals surface area contributed by atoms with E-state index >= 15 is 0 Å². The Hall–Kier alpha value is -2.21. The van der Waals surface area contributed by atoms with E-state index in [4.69, 9.17) is 5.21 Å². The van der Waals surface area contributed by atoms with Crippen molar-refractivity contribution in [3.63, 3.8) is 0 Å². The van der Waals surface area contributed by atoms with Crippen LogP contribution in [-0.2, 0) is 0 Å². The van der Waals surface area contributed by atoms with Crippen LogP contribution in [0.3, 0.4) is 0 Å². The molecule has 2 aromatic carbocycles. The molecule has 0 saturated carbocycles. The van der Waals surface area contributed by atoms with Crippen molar-refractivity contribution in [3.05, 3.63) is 59.3 Å². The molecular weight excluding hydrogens is 232 g/mol. The minimum absolute atomic E-state index is 0.156. The van der Waals surface area contributed by atoms with Crippen molar-refractivity contribution in [1.82, 2.24) is 0 Å². The van der Waals surface area contributed by atoms with Crippen LogP contribution in [0.4, 0.5) is 11.4 Å². The lowest BCUT2D eigenvalue weighted by atomic mass is 10.2. The smallest absolute Gasteiger partial charge is 0.163 e. The first-order valence-corrected chi connectivity index (χ1v) is 5.32. The van der Waals surface area contributed by atoms with Crippen LogP contribution in [-0.4, -0.2) is 16.5 Å². The Kier molecular flexibility index (Phi) is 3.69. The highest BCUT2D eigenvalue weighted by atomic mass is 16.8. The summed E-state index contributed by atoms with van der Waals surface area (Å²) in [6.45, 7) is 0. The molecule has 1 unspecified atom stereocenters. The third-order valence-electron chi connectivity index (χ3n) is 2.40. The summed E-state index contributed by atoms with van der Waals surface area (Å²) in [6.07, 6.45) is 1.53. The van der Waals surface area contributed by atoms with Gasteiger partial charge in [-0.25, -0.2) is 5.21 Å². The molecule has 92 valence electrons. The summed E-state index contributed by atoms with van der Waals surface area (Å²) in [4.78, 5) is 4.16. The van der Waals surface area contributed by atoms with Crippen LogP contribution in [0.1, 0.15) is 5.56 Å². The molecule has 18 heavy (non-hydrogen) atoms. The predicted molar refractivity (Wildman–Crippen MR) is 67.6 cm³/mol. The van der Waals surface area contributed by atoms with Crippen molar-refractivity contribution in [2.24, 2.45) is 4.99 Å². The molecular formula is C13H12N2O3. The van der Waals surface area contributed by atoms with Gasteiger partial charge >= 0.3 is 0 Å². The Balaban J connectivity index is 2.17. The van der Waals surface area contributed by atoms with Crippen LogP contribution in [0, 0.1) is 5.21 Å². The summed E-state index contributed by atoms with van der Waals surface area (Å²) in [7, 11) is 0. The summed E-state index contributed by atoms with van der Waals surface area (Å²) >= 11 is 0. The zero-order valence-electron chi connectivity index (χ0n) is 9.45. The minimum Gasteiger partial charge on any atom is -0.595 e. The van der Waals surface area contributed by atoms with Gasteiger partial charge in [-0.2, -0.15) is 5.23 Å². The summed E-state index contributed by atoms with van der Waals surface area (Å²) in [5.41, 5.74) is 1.46. The highest BCUT2D eigenvalue weighted by Gasteiger charge is 1.99. The van der Waals surface area contributed by atoms with Gasteiger partial charge in [0.1, 0.15) is 5.75 Å². The predicted octanol–water partition coefficient (Wildman–Crippen LogP) is 1.55. The number of aromatic hydroxyl groups is 1. The number of nitrogens with one attached hydrogen (secondary N) is 1. The van der Waals surface area contributed by atoms with Crippen molar-refractivity contribution in [2.75, 3.05) is 0 Å². The van der Waals surface area contributed by atoms with E-state index < -0.39 is 5.23 Å². The van der Waals surface area contributed by atoms with Gasteiger partial charge < -0.3 is 10.3 Å². The number of rotatable bonds is 3. The third kappa shape index (κ3) is 2.92. The van der Waals surface area contributed by atoms with Gasteiger partial charge in [0.2, 0.25) is 0 Å². The lowest BCUT2D eigenvalue weighted by Crippen LogP contribution is -2.99. The number of hydrogen-bond donors (Lipinski definition) is 3. The second kappa shape index (κ2) is 5.42. The van der Waals surface area contributed by atoms with E-state index in [1.165, 1.54) is 18.3 Å². The average Bonchev–Trinajstić information content (AvgIpc) is 2.38. The first-order valence-electron chi connectivity index (χ1n) is 5.32. The fourth-order valence-electron chi connectivity index (χ4n) is 1.43. The first kappa shape index (κ1) is 12.3. The molecule has 2 aromatic rings. The fourth-order valence-corrected chi connectivity index (χ4v) is 1.43. The normalized spacial score (nSPS) is 12.8. The number of para-hydroxylation sites is 1. The van der Waals surface area contributed by atoms with E-state index in [2.05, 4.69) is 4.99 Å². The van der Waals surface area contributed by atoms with Gasteiger partial charge in [0.05, 0.1) is 5.69 Å². The maximum absolute atomic E-state index is 10.7. The molecule has 5 nitrogen and oxygen atoms in total. The zero-order chi connectivity index (χ0) is 13.0. The van der Waals surface area contributed by atoms with E-state index in [1.807, 2.05) is 0 Å². The van der Waals surface area contributed by atoms with Crippen molar-refractivity contribution < 1.29 is 15.5 Å². The number of phenols is 1. The monoisotopic (exact) mass is 244 g/mol. The van der Waals surface area contributed by atoms with Crippen LogP contribution in [0.2, 0.25) is 0 Å². The zero-order valence-corrected chi connectivity index (χ0v) is 9.45.